The van der Waals surface area contributed by atoms with Gasteiger partial charge in [0.2, 0.25) is 5.89 Å². The fourth-order valence-electron chi connectivity index (χ4n) is 4.67. The van der Waals surface area contributed by atoms with E-state index in [0.717, 1.165) is 36.8 Å². The largest absolute Gasteiger partial charge is 0.481 e. The van der Waals surface area contributed by atoms with Crippen molar-refractivity contribution in [3.63, 3.8) is 0 Å². The van der Waals surface area contributed by atoms with Crippen LogP contribution < -0.4 is 5.32 Å². The Kier molecular flexibility index (Phi) is 6.97. The van der Waals surface area contributed by atoms with Crippen LogP contribution in [0.5, 0.6) is 0 Å². The summed E-state index contributed by atoms with van der Waals surface area (Å²) in [5.74, 6) is 0.434. The predicted octanol–water partition coefficient (Wildman–Crippen LogP) is 5.50. The molecule has 0 bridgehead atoms. The summed E-state index contributed by atoms with van der Waals surface area (Å²) in [4.78, 5) is 28.1. The number of carboxylic acids is 1. The second-order valence-electron chi connectivity index (χ2n) is 9.47. The van der Waals surface area contributed by atoms with E-state index in [1.165, 1.54) is 0 Å². The van der Waals surface area contributed by atoms with E-state index in [2.05, 4.69) is 16.4 Å². The van der Waals surface area contributed by atoms with E-state index in [4.69, 9.17) is 9.52 Å². The van der Waals surface area contributed by atoms with Crippen LogP contribution in [0.2, 0.25) is 0 Å². The van der Waals surface area contributed by atoms with Gasteiger partial charge in [0.1, 0.15) is 5.52 Å². The quantitative estimate of drug-likeness (QED) is 0.482. The van der Waals surface area contributed by atoms with Gasteiger partial charge in [-0.05, 0) is 79.8 Å². The SMILES string of the molecule is CC(C)c1cc(C#N)cc2nc(-c3ccc(C(=O)NC[C@H]4CC[C@H](CC(=O)O)CC4)cc3)oc12. The van der Waals surface area contributed by atoms with Crippen LogP contribution in [0.4, 0.5) is 0 Å². The number of nitrogens with one attached hydrogen (secondary N) is 1. The van der Waals surface area contributed by atoms with E-state index in [9.17, 15) is 14.9 Å². The maximum Gasteiger partial charge on any atom is 0.303 e. The molecule has 7 nitrogen and oxygen atoms in total. The lowest BCUT2D eigenvalue weighted by atomic mass is 9.80. The Balaban J connectivity index is 1.40. The molecule has 1 fully saturated rings. The van der Waals surface area contributed by atoms with Crippen LogP contribution in [0.3, 0.4) is 0 Å². The Morgan fingerprint density at radius 1 is 1.15 bits per heavy atom. The van der Waals surface area contributed by atoms with Crippen LogP contribution in [0.15, 0.2) is 40.8 Å². The van der Waals surface area contributed by atoms with Gasteiger partial charge in [-0.2, -0.15) is 5.26 Å². The van der Waals surface area contributed by atoms with Gasteiger partial charge in [0.15, 0.2) is 5.58 Å². The van der Waals surface area contributed by atoms with Crippen LogP contribution >= 0.6 is 0 Å². The van der Waals surface area contributed by atoms with Crippen molar-refractivity contribution in [1.29, 1.82) is 5.26 Å². The van der Waals surface area contributed by atoms with Gasteiger partial charge in [0.25, 0.3) is 5.91 Å². The molecule has 1 saturated carbocycles. The van der Waals surface area contributed by atoms with Gasteiger partial charge in [-0.25, -0.2) is 4.98 Å². The first kappa shape index (κ1) is 23.5. The van der Waals surface area contributed by atoms with Crippen LogP contribution in [0.25, 0.3) is 22.6 Å². The molecular formula is C27H29N3O4. The number of carbonyl (C=O) groups excluding carboxylic acids is 1. The van der Waals surface area contributed by atoms with Gasteiger partial charge >= 0.3 is 5.97 Å². The third kappa shape index (κ3) is 5.28. The molecule has 2 aromatic carbocycles. The number of amides is 1. The van der Waals surface area contributed by atoms with Gasteiger partial charge in [-0.15, -0.1) is 0 Å². The first-order valence-electron chi connectivity index (χ1n) is 11.8. The average Bonchev–Trinajstić information content (AvgIpc) is 3.26. The average molecular weight is 460 g/mol. The maximum atomic E-state index is 12.6. The molecule has 1 aliphatic rings. The first-order chi connectivity index (χ1) is 16.3. The third-order valence-corrected chi connectivity index (χ3v) is 6.64. The van der Waals surface area contributed by atoms with Crippen molar-refractivity contribution in [2.24, 2.45) is 11.8 Å². The van der Waals surface area contributed by atoms with E-state index in [0.29, 0.717) is 40.6 Å². The number of aliphatic carboxylic acids is 1. The van der Waals surface area contributed by atoms with Crippen molar-refractivity contribution in [1.82, 2.24) is 10.3 Å². The Bertz CT molecular complexity index is 1230. The zero-order valence-corrected chi connectivity index (χ0v) is 19.5. The molecule has 0 aliphatic heterocycles. The minimum Gasteiger partial charge on any atom is -0.481 e. The molecule has 1 amide bonds. The molecule has 1 aromatic heterocycles. The number of fused-ring (bicyclic) bond motifs is 1. The fourth-order valence-corrected chi connectivity index (χ4v) is 4.67. The number of aromatic nitrogens is 1. The molecule has 4 rings (SSSR count). The first-order valence-corrected chi connectivity index (χ1v) is 11.8. The Hall–Kier alpha value is -3.66. The van der Waals surface area contributed by atoms with Crippen LogP contribution in [-0.4, -0.2) is 28.5 Å². The highest BCUT2D eigenvalue weighted by Crippen LogP contribution is 2.32. The molecule has 0 spiro atoms. The van der Waals surface area contributed by atoms with Crippen molar-refractivity contribution in [2.75, 3.05) is 6.54 Å². The second kappa shape index (κ2) is 10.1. The number of nitrogens with zero attached hydrogens (tertiary/aromatic N) is 2. The lowest BCUT2D eigenvalue weighted by molar-refractivity contribution is -0.138. The highest BCUT2D eigenvalue weighted by Gasteiger charge is 2.23. The lowest BCUT2D eigenvalue weighted by Gasteiger charge is -2.27. The molecule has 34 heavy (non-hydrogen) atoms. The summed E-state index contributed by atoms with van der Waals surface area (Å²) < 4.78 is 6.05. The molecule has 0 radical (unpaired) electrons. The molecule has 176 valence electrons. The fraction of sp³-hybridized carbons (Fsp3) is 0.407. The molecule has 7 heteroatoms. The van der Waals surface area contributed by atoms with Crippen molar-refractivity contribution in [3.8, 4) is 17.5 Å². The number of benzene rings is 2. The number of carbonyl (C=O) groups is 2. The smallest absolute Gasteiger partial charge is 0.303 e. The molecule has 2 N–H and O–H groups in total. The summed E-state index contributed by atoms with van der Waals surface area (Å²) in [6.45, 7) is 4.70. The third-order valence-electron chi connectivity index (χ3n) is 6.64. The molecule has 0 unspecified atom stereocenters. The van der Waals surface area contributed by atoms with Gasteiger partial charge in [-0.3, -0.25) is 9.59 Å². The van der Waals surface area contributed by atoms with Crippen molar-refractivity contribution in [2.45, 2.75) is 51.9 Å². The molecule has 1 heterocycles. The minimum atomic E-state index is -0.731. The van der Waals surface area contributed by atoms with Crippen molar-refractivity contribution in [3.05, 3.63) is 53.1 Å². The normalized spacial score (nSPS) is 18.1. The van der Waals surface area contributed by atoms with Crippen LogP contribution in [-0.2, 0) is 4.79 Å². The topological polar surface area (TPSA) is 116 Å². The van der Waals surface area contributed by atoms with Crippen molar-refractivity contribution >= 4 is 23.0 Å². The van der Waals surface area contributed by atoms with E-state index < -0.39 is 5.97 Å². The van der Waals surface area contributed by atoms with Gasteiger partial charge in [0, 0.05) is 29.7 Å². The summed E-state index contributed by atoms with van der Waals surface area (Å²) in [5.41, 5.74) is 4.16. The Labute approximate surface area is 198 Å². The van der Waals surface area contributed by atoms with Crippen LogP contribution in [0, 0.1) is 23.2 Å². The zero-order valence-electron chi connectivity index (χ0n) is 19.5. The highest BCUT2D eigenvalue weighted by atomic mass is 16.4. The highest BCUT2D eigenvalue weighted by molar-refractivity contribution is 5.94. The summed E-state index contributed by atoms with van der Waals surface area (Å²) >= 11 is 0. The number of oxazole rings is 1. The molecule has 0 atom stereocenters. The monoisotopic (exact) mass is 459 g/mol. The summed E-state index contributed by atoms with van der Waals surface area (Å²) in [6.07, 6.45) is 3.94. The molecular weight excluding hydrogens is 430 g/mol. The zero-order chi connectivity index (χ0) is 24.2. The van der Waals surface area contributed by atoms with Crippen molar-refractivity contribution < 1.29 is 19.1 Å². The summed E-state index contributed by atoms with van der Waals surface area (Å²) in [7, 11) is 0. The predicted molar refractivity (Wildman–Crippen MR) is 128 cm³/mol. The van der Waals surface area contributed by atoms with Gasteiger partial charge in [0.05, 0.1) is 11.6 Å². The van der Waals surface area contributed by atoms with Gasteiger partial charge < -0.3 is 14.8 Å². The molecule has 3 aromatic rings. The maximum absolute atomic E-state index is 12.6. The van der Waals surface area contributed by atoms with E-state index >= 15 is 0 Å². The Morgan fingerprint density at radius 3 is 2.44 bits per heavy atom. The van der Waals surface area contributed by atoms with E-state index in [1.807, 2.05) is 32.0 Å². The second-order valence-corrected chi connectivity index (χ2v) is 9.47. The van der Waals surface area contributed by atoms with E-state index in [-0.39, 0.29) is 24.2 Å². The number of hydrogen-bond acceptors (Lipinski definition) is 5. The molecule has 0 saturated heterocycles. The number of nitriles is 1. The standard InChI is InChI=1S/C27H29N3O4/c1-16(2)22-11-19(14-28)12-23-25(22)34-27(30-23)21-9-7-20(8-10-21)26(33)29-15-18-5-3-17(4-6-18)13-24(31)32/h7-12,16-18H,3-6,13,15H2,1-2H3,(H,29,33)(H,31,32)/t17-,18-. The molecule has 1 aliphatic carbocycles. The lowest BCUT2D eigenvalue weighted by Crippen LogP contribution is -2.31. The number of hydrogen-bond donors (Lipinski definition) is 2. The number of rotatable bonds is 7. The summed E-state index contributed by atoms with van der Waals surface area (Å²) in [6, 6.07) is 12.9. The minimum absolute atomic E-state index is 0.127. The van der Waals surface area contributed by atoms with Crippen LogP contribution in [0.1, 0.15) is 73.4 Å². The summed E-state index contributed by atoms with van der Waals surface area (Å²) in [5, 5.41) is 21.3. The van der Waals surface area contributed by atoms with Gasteiger partial charge in [-0.1, -0.05) is 13.8 Å². The van der Waals surface area contributed by atoms with E-state index in [1.54, 1.807) is 18.2 Å². The number of carboxylic acid groups (broad SMARTS) is 1. The Morgan fingerprint density at radius 2 is 1.82 bits per heavy atom.